The minimum Gasteiger partial charge on any atom is -0.356 e. The van der Waals surface area contributed by atoms with Crippen LogP contribution in [0.5, 0.6) is 0 Å². The van der Waals surface area contributed by atoms with Gasteiger partial charge in [-0.2, -0.15) is 0 Å². The third-order valence-electron chi connectivity index (χ3n) is 2.95. The molecule has 2 amide bonds. The second-order valence-electron chi connectivity index (χ2n) is 4.81. The monoisotopic (exact) mass is 305 g/mol. The molecule has 0 saturated carbocycles. The van der Waals surface area contributed by atoms with E-state index in [0.29, 0.717) is 22.8 Å². The van der Waals surface area contributed by atoms with E-state index in [1.165, 1.54) is 4.90 Å². The lowest BCUT2D eigenvalue weighted by molar-refractivity contribution is 0.0827. The Bertz CT molecular complexity index is 647. The van der Waals surface area contributed by atoms with E-state index in [4.69, 9.17) is 11.6 Å². The molecule has 0 radical (unpaired) electrons. The first kappa shape index (κ1) is 15.1. The third-order valence-corrected chi connectivity index (χ3v) is 3.17. The van der Waals surface area contributed by atoms with E-state index in [-0.39, 0.29) is 11.8 Å². The van der Waals surface area contributed by atoms with Gasteiger partial charge in [-0.1, -0.05) is 23.7 Å². The number of nitrogens with one attached hydrogen (secondary N) is 2. The number of carbonyl (C=O) groups excluding carboxylic acids is 2. The molecule has 21 heavy (non-hydrogen) atoms. The van der Waals surface area contributed by atoms with Gasteiger partial charge >= 0.3 is 0 Å². The molecule has 0 saturated heterocycles. The van der Waals surface area contributed by atoms with Gasteiger partial charge in [-0.3, -0.25) is 9.59 Å². The summed E-state index contributed by atoms with van der Waals surface area (Å²) in [6, 6.07) is 8.69. The number of aromatic amines is 1. The SMILES string of the molecule is CN(C)C(=O)c1ccc(CNC(=O)c2cc(Cl)c[nH]2)cc1. The quantitative estimate of drug-likeness (QED) is 0.910. The first-order chi connectivity index (χ1) is 9.97. The van der Waals surface area contributed by atoms with Crippen LogP contribution in [0, 0.1) is 0 Å². The zero-order chi connectivity index (χ0) is 15.4. The van der Waals surface area contributed by atoms with Crippen molar-refractivity contribution < 1.29 is 9.59 Å². The lowest BCUT2D eigenvalue weighted by Crippen LogP contribution is -2.23. The van der Waals surface area contributed by atoms with Gasteiger partial charge in [-0.25, -0.2) is 0 Å². The summed E-state index contributed by atoms with van der Waals surface area (Å²) in [5.74, 6) is -0.276. The standard InChI is InChI=1S/C15H16ClN3O2/c1-19(2)15(21)11-5-3-10(4-6-11)8-18-14(20)13-7-12(16)9-17-13/h3-7,9,17H,8H2,1-2H3,(H,18,20). The Kier molecular flexibility index (Phi) is 4.65. The van der Waals surface area contributed by atoms with Crippen LogP contribution in [0.4, 0.5) is 0 Å². The number of halogens is 1. The van der Waals surface area contributed by atoms with Gasteiger partial charge in [0.1, 0.15) is 5.69 Å². The molecule has 0 unspecified atom stereocenters. The third kappa shape index (κ3) is 3.86. The Hall–Kier alpha value is -2.27. The zero-order valence-electron chi connectivity index (χ0n) is 11.8. The van der Waals surface area contributed by atoms with Crippen molar-refractivity contribution in [3.8, 4) is 0 Å². The van der Waals surface area contributed by atoms with Gasteiger partial charge in [-0.15, -0.1) is 0 Å². The van der Waals surface area contributed by atoms with E-state index in [2.05, 4.69) is 10.3 Å². The topological polar surface area (TPSA) is 65.2 Å². The van der Waals surface area contributed by atoms with Gasteiger partial charge in [0.25, 0.3) is 11.8 Å². The molecule has 0 fully saturated rings. The molecule has 1 aromatic heterocycles. The number of aromatic nitrogens is 1. The minimum absolute atomic E-state index is 0.0494. The fraction of sp³-hybridized carbons (Fsp3) is 0.200. The van der Waals surface area contributed by atoms with Crippen molar-refractivity contribution in [3.05, 3.63) is 58.4 Å². The highest BCUT2D eigenvalue weighted by atomic mass is 35.5. The summed E-state index contributed by atoms with van der Waals surface area (Å²) in [6.45, 7) is 0.381. The Morgan fingerprint density at radius 3 is 2.43 bits per heavy atom. The van der Waals surface area contributed by atoms with Crippen LogP contribution in [-0.2, 0) is 6.54 Å². The van der Waals surface area contributed by atoms with Crippen molar-refractivity contribution in [3.63, 3.8) is 0 Å². The molecule has 2 rings (SSSR count). The van der Waals surface area contributed by atoms with Crippen molar-refractivity contribution in [1.82, 2.24) is 15.2 Å². The fourth-order valence-electron chi connectivity index (χ4n) is 1.80. The van der Waals surface area contributed by atoms with Crippen LogP contribution in [0.15, 0.2) is 36.5 Å². The number of amides is 2. The molecule has 0 aliphatic heterocycles. The molecule has 0 bridgehead atoms. The minimum atomic E-state index is -0.227. The molecule has 5 nitrogen and oxygen atoms in total. The summed E-state index contributed by atoms with van der Waals surface area (Å²) in [7, 11) is 3.41. The second-order valence-corrected chi connectivity index (χ2v) is 5.25. The predicted molar refractivity (Wildman–Crippen MR) is 81.4 cm³/mol. The van der Waals surface area contributed by atoms with Gasteiger partial charge in [0.05, 0.1) is 5.02 Å². The van der Waals surface area contributed by atoms with Crippen molar-refractivity contribution in [1.29, 1.82) is 0 Å². The first-order valence-electron chi connectivity index (χ1n) is 6.40. The Morgan fingerprint density at radius 2 is 1.90 bits per heavy atom. The van der Waals surface area contributed by atoms with Crippen molar-refractivity contribution in [2.45, 2.75) is 6.54 Å². The molecular weight excluding hydrogens is 290 g/mol. The highest BCUT2D eigenvalue weighted by molar-refractivity contribution is 6.30. The molecule has 2 N–H and O–H groups in total. The van der Waals surface area contributed by atoms with E-state index < -0.39 is 0 Å². The fourth-order valence-corrected chi connectivity index (χ4v) is 1.96. The predicted octanol–water partition coefficient (Wildman–Crippen LogP) is 2.30. The summed E-state index contributed by atoms with van der Waals surface area (Å²) in [5, 5.41) is 3.27. The van der Waals surface area contributed by atoms with Gasteiger partial charge in [-0.05, 0) is 23.8 Å². The summed E-state index contributed by atoms with van der Waals surface area (Å²) in [4.78, 5) is 27.9. The number of carbonyl (C=O) groups is 2. The van der Waals surface area contributed by atoms with E-state index in [9.17, 15) is 9.59 Å². The maximum atomic E-state index is 11.8. The summed E-state index contributed by atoms with van der Waals surface area (Å²) >= 11 is 5.75. The van der Waals surface area contributed by atoms with Crippen LogP contribution < -0.4 is 5.32 Å². The van der Waals surface area contributed by atoms with E-state index >= 15 is 0 Å². The number of nitrogens with zero attached hydrogens (tertiary/aromatic N) is 1. The molecule has 1 heterocycles. The van der Waals surface area contributed by atoms with Gasteiger partial charge < -0.3 is 15.2 Å². The Balaban J connectivity index is 1.95. The number of hydrogen-bond acceptors (Lipinski definition) is 2. The zero-order valence-corrected chi connectivity index (χ0v) is 12.6. The smallest absolute Gasteiger partial charge is 0.268 e. The van der Waals surface area contributed by atoms with Crippen molar-refractivity contribution in [2.75, 3.05) is 14.1 Å². The molecule has 2 aromatic rings. The normalized spacial score (nSPS) is 10.2. The van der Waals surface area contributed by atoms with Crippen LogP contribution >= 0.6 is 11.6 Å². The van der Waals surface area contributed by atoms with Crippen LogP contribution in [0.3, 0.4) is 0 Å². The molecular formula is C15H16ClN3O2. The maximum absolute atomic E-state index is 11.8. The number of benzene rings is 1. The van der Waals surface area contributed by atoms with Crippen LogP contribution in [0.25, 0.3) is 0 Å². The average Bonchev–Trinajstić information content (AvgIpc) is 2.91. The molecule has 110 valence electrons. The summed E-state index contributed by atoms with van der Waals surface area (Å²) < 4.78 is 0. The highest BCUT2D eigenvalue weighted by Crippen LogP contribution is 2.10. The van der Waals surface area contributed by atoms with Crippen LogP contribution in [0.2, 0.25) is 5.02 Å². The lowest BCUT2D eigenvalue weighted by atomic mass is 10.1. The highest BCUT2D eigenvalue weighted by Gasteiger charge is 2.09. The van der Waals surface area contributed by atoms with Crippen molar-refractivity contribution >= 4 is 23.4 Å². The first-order valence-corrected chi connectivity index (χ1v) is 6.78. The number of rotatable bonds is 4. The second kappa shape index (κ2) is 6.45. The van der Waals surface area contributed by atoms with Gasteiger partial charge in [0, 0.05) is 32.4 Å². The summed E-state index contributed by atoms with van der Waals surface area (Å²) in [5.41, 5.74) is 1.95. The Labute approximate surface area is 127 Å². The average molecular weight is 306 g/mol. The van der Waals surface area contributed by atoms with Crippen LogP contribution in [0.1, 0.15) is 26.4 Å². The molecule has 0 aliphatic carbocycles. The number of H-pyrrole nitrogens is 1. The molecule has 0 atom stereocenters. The van der Waals surface area contributed by atoms with Crippen LogP contribution in [-0.4, -0.2) is 35.8 Å². The molecule has 1 aromatic carbocycles. The van der Waals surface area contributed by atoms with E-state index in [0.717, 1.165) is 5.56 Å². The molecule has 0 aliphatic rings. The Morgan fingerprint density at radius 1 is 1.24 bits per heavy atom. The van der Waals surface area contributed by atoms with E-state index in [1.54, 1.807) is 38.5 Å². The van der Waals surface area contributed by atoms with Gasteiger partial charge in [0.2, 0.25) is 0 Å². The van der Waals surface area contributed by atoms with E-state index in [1.807, 2.05) is 12.1 Å². The largest absolute Gasteiger partial charge is 0.356 e. The molecule has 6 heteroatoms. The lowest BCUT2D eigenvalue weighted by Gasteiger charge is -2.10. The molecule has 0 spiro atoms. The maximum Gasteiger partial charge on any atom is 0.268 e. The number of hydrogen-bond donors (Lipinski definition) is 2. The van der Waals surface area contributed by atoms with Gasteiger partial charge in [0.15, 0.2) is 0 Å². The van der Waals surface area contributed by atoms with Crippen molar-refractivity contribution in [2.24, 2.45) is 0 Å². The summed E-state index contributed by atoms with van der Waals surface area (Å²) in [6.07, 6.45) is 1.55.